The van der Waals surface area contributed by atoms with Crippen LogP contribution in [0, 0.1) is 11.8 Å². The Hall–Kier alpha value is -0.820. The van der Waals surface area contributed by atoms with E-state index in [0.717, 1.165) is 18.4 Å². The molecule has 1 saturated carbocycles. The average molecular weight is 229 g/mol. The monoisotopic (exact) mass is 229 g/mol. The van der Waals surface area contributed by atoms with E-state index in [1.165, 1.54) is 37.7 Å². The van der Waals surface area contributed by atoms with E-state index in [1.54, 1.807) is 5.56 Å². The summed E-state index contributed by atoms with van der Waals surface area (Å²) >= 11 is 0. The van der Waals surface area contributed by atoms with E-state index in [0.29, 0.717) is 6.04 Å². The van der Waals surface area contributed by atoms with E-state index in [-0.39, 0.29) is 0 Å². The lowest BCUT2D eigenvalue weighted by molar-refractivity contribution is 0.215. The van der Waals surface area contributed by atoms with Gasteiger partial charge in [-0.05, 0) is 35.8 Å². The summed E-state index contributed by atoms with van der Waals surface area (Å²) in [5.41, 5.74) is 3.10. The van der Waals surface area contributed by atoms with Crippen molar-refractivity contribution in [3.63, 3.8) is 0 Å². The minimum absolute atomic E-state index is 0.639. The van der Waals surface area contributed by atoms with Crippen LogP contribution in [-0.4, -0.2) is 0 Å². The molecule has 0 bridgehead atoms. The Morgan fingerprint density at radius 1 is 1.24 bits per heavy atom. The molecular formula is C16H23N. The molecule has 3 rings (SSSR count). The maximum absolute atomic E-state index is 3.74. The zero-order chi connectivity index (χ0) is 11.7. The molecule has 1 aromatic rings. The van der Waals surface area contributed by atoms with Crippen LogP contribution in [0.4, 0.5) is 0 Å². The molecular weight excluding hydrogens is 206 g/mol. The molecule has 1 fully saturated rings. The number of rotatable bonds is 2. The van der Waals surface area contributed by atoms with Gasteiger partial charge in [0.1, 0.15) is 0 Å². The lowest BCUT2D eigenvalue weighted by atomic mass is 9.75. The topological polar surface area (TPSA) is 12.0 Å². The minimum Gasteiger partial charge on any atom is -0.306 e. The minimum atomic E-state index is 0.639. The first-order valence-corrected chi connectivity index (χ1v) is 7.19. The van der Waals surface area contributed by atoms with Crippen LogP contribution < -0.4 is 5.32 Å². The molecule has 3 unspecified atom stereocenters. The Bertz CT molecular complexity index is 385. The Labute approximate surface area is 105 Å². The molecule has 3 atom stereocenters. The summed E-state index contributed by atoms with van der Waals surface area (Å²) in [7, 11) is 0. The molecule has 1 N–H and O–H groups in total. The molecule has 1 heteroatoms. The summed E-state index contributed by atoms with van der Waals surface area (Å²) in [6.07, 6.45) is 7.11. The first kappa shape index (κ1) is 11.3. The van der Waals surface area contributed by atoms with Crippen molar-refractivity contribution < 1.29 is 0 Å². The highest BCUT2D eigenvalue weighted by Gasteiger charge is 2.32. The van der Waals surface area contributed by atoms with Gasteiger partial charge in [-0.1, -0.05) is 50.5 Å². The van der Waals surface area contributed by atoms with Gasteiger partial charge in [0.2, 0.25) is 0 Å². The molecule has 1 heterocycles. The molecule has 1 aliphatic carbocycles. The van der Waals surface area contributed by atoms with Crippen molar-refractivity contribution in [2.75, 3.05) is 0 Å². The number of hydrogen-bond donors (Lipinski definition) is 1. The summed E-state index contributed by atoms with van der Waals surface area (Å²) < 4.78 is 0. The van der Waals surface area contributed by atoms with Crippen LogP contribution in [0.25, 0.3) is 0 Å². The molecule has 0 saturated heterocycles. The Balaban J connectivity index is 1.77. The van der Waals surface area contributed by atoms with Crippen LogP contribution in [0.3, 0.4) is 0 Å². The van der Waals surface area contributed by atoms with E-state index >= 15 is 0 Å². The molecule has 1 nitrogen and oxygen atoms in total. The molecule has 0 spiro atoms. The fourth-order valence-corrected chi connectivity index (χ4v) is 3.76. The quantitative estimate of drug-likeness (QED) is 0.807. The van der Waals surface area contributed by atoms with Crippen molar-refractivity contribution >= 4 is 0 Å². The Morgan fingerprint density at radius 2 is 2.12 bits per heavy atom. The van der Waals surface area contributed by atoms with Gasteiger partial charge in [-0.15, -0.1) is 0 Å². The van der Waals surface area contributed by atoms with Gasteiger partial charge < -0.3 is 5.32 Å². The molecule has 1 aromatic carbocycles. The van der Waals surface area contributed by atoms with Gasteiger partial charge in [0.05, 0.1) is 0 Å². The molecule has 0 radical (unpaired) electrons. The van der Waals surface area contributed by atoms with Gasteiger partial charge in [0.15, 0.2) is 0 Å². The van der Waals surface area contributed by atoms with Crippen LogP contribution in [0.5, 0.6) is 0 Å². The highest BCUT2D eigenvalue weighted by atomic mass is 14.9. The van der Waals surface area contributed by atoms with Crippen LogP contribution in [0.15, 0.2) is 24.3 Å². The summed E-state index contributed by atoms with van der Waals surface area (Å²) in [5, 5.41) is 3.74. The summed E-state index contributed by atoms with van der Waals surface area (Å²) in [6, 6.07) is 9.61. The number of benzene rings is 1. The van der Waals surface area contributed by atoms with E-state index in [9.17, 15) is 0 Å². The van der Waals surface area contributed by atoms with Crippen molar-refractivity contribution in [2.45, 2.75) is 51.6 Å². The molecule has 0 amide bonds. The first-order valence-electron chi connectivity index (χ1n) is 7.19. The van der Waals surface area contributed by atoms with Crippen molar-refractivity contribution in [3.8, 4) is 0 Å². The fourth-order valence-electron chi connectivity index (χ4n) is 3.76. The van der Waals surface area contributed by atoms with Crippen molar-refractivity contribution in [1.82, 2.24) is 5.32 Å². The third kappa shape index (κ3) is 2.13. The second-order valence-electron chi connectivity index (χ2n) is 5.76. The Kier molecular flexibility index (Phi) is 3.19. The Morgan fingerprint density at radius 3 is 3.00 bits per heavy atom. The third-order valence-corrected chi connectivity index (χ3v) is 4.77. The zero-order valence-electron chi connectivity index (χ0n) is 10.8. The van der Waals surface area contributed by atoms with Crippen LogP contribution in [-0.2, 0) is 6.54 Å². The van der Waals surface area contributed by atoms with Crippen LogP contribution >= 0.6 is 0 Å². The predicted octanol–water partition coefficient (Wildman–Crippen LogP) is 4.05. The van der Waals surface area contributed by atoms with Crippen molar-refractivity contribution in [3.05, 3.63) is 35.4 Å². The van der Waals surface area contributed by atoms with E-state index in [2.05, 4.69) is 36.5 Å². The van der Waals surface area contributed by atoms with Crippen molar-refractivity contribution in [2.24, 2.45) is 11.8 Å². The van der Waals surface area contributed by atoms with Gasteiger partial charge in [-0.25, -0.2) is 0 Å². The smallest absolute Gasteiger partial charge is 0.0354 e. The third-order valence-electron chi connectivity index (χ3n) is 4.77. The SMILES string of the molecule is CCC1CCCC(C2NCc3ccccc32)C1. The zero-order valence-corrected chi connectivity index (χ0v) is 10.8. The second kappa shape index (κ2) is 4.81. The molecule has 0 aromatic heterocycles. The first-order chi connectivity index (χ1) is 8.38. The highest BCUT2D eigenvalue weighted by Crippen LogP contribution is 2.41. The maximum atomic E-state index is 3.74. The van der Waals surface area contributed by atoms with Gasteiger partial charge in [0.25, 0.3) is 0 Å². The molecule has 2 aliphatic rings. The second-order valence-corrected chi connectivity index (χ2v) is 5.76. The summed E-state index contributed by atoms with van der Waals surface area (Å²) in [4.78, 5) is 0. The van der Waals surface area contributed by atoms with E-state index in [1.807, 2.05) is 0 Å². The molecule has 17 heavy (non-hydrogen) atoms. The summed E-state index contributed by atoms with van der Waals surface area (Å²) in [6.45, 7) is 3.43. The van der Waals surface area contributed by atoms with E-state index in [4.69, 9.17) is 0 Å². The number of nitrogens with one attached hydrogen (secondary N) is 1. The predicted molar refractivity (Wildman–Crippen MR) is 71.8 cm³/mol. The average Bonchev–Trinajstić information content (AvgIpc) is 2.82. The fraction of sp³-hybridized carbons (Fsp3) is 0.625. The van der Waals surface area contributed by atoms with Crippen LogP contribution in [0.2, 0.25) is 0 Å². The lowest BCUT2D eigenvalue weighted by Crippen LogP contribution is -2.27. The van der Waals surface area contributed by atoms with Gasteiger partial charge >= 0.3 is 0 Å². The molecule has 1 aliphatic heterocycles. The van der Waals surface area contributed by atoms with Gasteiger partial charge in [-0.3, -0.25) is 0 Å². The van der Waals surface area contributed by atoms with Crippen LogP contribution in [0.1, 0.15) is 56.2 Å². The maximum Gasteiger partial charge on any atom is 0.0354 e. The standard InChI is InChI=1S/C16H23N/c1-2-12-6-5-8-13(10-12)16-15-9-4-3-7-14(15)11-17-16/h3-4,7,9,12-13,16-17H,2,5-6,8,10-11H2,1H3. The van der Waals surface area contributed by atoms with Gasteiger partial charge in [-0.2, -0.15) is 0 Å². The summed E-state index contributed by atoms with van der Waals surface area (Å²) in [5.74, 6) is 1.85. The largest absolute Gasteiger partial charge is 0.306 e. The normalized spacial score (nSPS) is 32.4. The van der Waals surface area contributed by atoms with Gasteiger partial charge in [0, 0.05) is 12.6 Å². The number of fused-ring (bicyclic) bond motifs is 1. The van der Waals surface area contributed by atoms with E-state index < -0.39 is 0 Å². The highest BCUT2D eigenvalue weighted by molar-refractivity contribution is 5.34. The lowest BCUT2D eigenvalue weighted by Gasteiger charge is -2.33. The molecule has 92 valence electrons. The number of hydrogen-bond acceptors (Lipinski definition) is 1. The van der Waals surface area contributed by atoms with Crippen molar-refractivity contribution in [1.29, 1.82) is 0 Å².